The van der Waals surface area contributed by atoms with Crippen LogP contribution in [0.15, 0.2) is 12.2 Å². The van der Waals surface area contributed by atoms with Crippen molar-refractivity contribution in [3.05, 3.63) is 12.2 Å². The molecule has 0 aromatic heterocycles. The van der Waals surface area contributed by atoms with Gasteiger partial charge in [-0.2, -0.15) is 0 Å². The fraction of sp³-hybridized carbons (Fsp3) is 0.833. The molecule has 1 heteroatoms. The van der Waals surface area contributed by atoms with E-state index in [0.29, 0.717) is 12.2 Å². The number of hydrogen-bond donors (Lipinski definition) is 0. The van der Waals surface area contributed by atoms with Gasteiger partial charge in [0.15, 0.2) is 0 Å². The van der Waals surface area contributed by atoms with Gasteiger partial charge in [0, 0.05) is 0 Å². The molecule has 1 aliphatic heterocycles. The highest BCUT2D eigenvalue weighted by atomic mass is 16.5. The summed E-state index contributed by atoms with van der Waals surface area (Å²) in [5, 5.41) is 0. The Bertz CT molecular complexity index is 163. The Morgan fingerprint density at radius 2 is 2.08 bits per heavy atom. The lowest BCUT2D eigenvalue weighted by molar-refractivity contribution is 0.0418. The fourth-order valence-corrected chi connectivity index (χ4v) is 1.94. The van der Waals surface area contributed by atoms with Gasteiger partial charge in [-0.25, -0.2) is 0 Å². The molecule has 1 rings (SSSR count). The van der Waals surface area contributed by atoms with E-state index in [1.165, 1.54) is 31.3 Å². The minimum atomic E-state index is 0.367. The molecule has 0 aromatic rings. The normalized spacial score (nSPS) is 28.3. The van der Waals surface area contributed by atoms with Crippen LogP contribution in [0.2, 0.25) is 0 Å². The maximum Gasteiger partial charge on any atom is 0.0787 e. The predicted octanol–water partition coefficient (Wildman–Crippen LogP) is 3.69. The molecule has 1 nitrogen and oxygen atoms in total. The summed E-state index contributed by atoms with van der Waals surface area (Å²) >= 11 is 0. The monoisotopic (exact) mass is 182 g/mol. The van der Waals surface area contributed by atoms with E-state index in [0.717, 1.165) is 12.8 Å². The van der Waals surface area contributed by atoms with E-state index in [4.69, 9.17) is 4.74 Å². The molecular weight excluding hydrogens is 160 g/mol. The van der Waals surface area contributed by atoms with Crippen LogP contribution in [0.5, 0.6) is 0 Å². The van der Waals surface area contributed by atoms with E-state index in [1.54, 1.807) is 0 Å². The zero-order valence-corrected chi connectivity index (χ0v) is 9.01. The number of unbranched alkanes of at least 4 members (excludes halogenated alkanes) is 1. The summed E-state index contributed by atoms with van der Waals surface area (Å²) in [4.78, 5) is 0. The van der Waals surface area contributed by atoms with Gasteiger partial charge in [0.05, 0.1) is 12.2 Å². The number of hydrogen-bond acceptors (Lipinski definition) is 1. The summed E-state index contributed by atoms with van der Waals surface area (Å²) in [5.41, 5.74) is 1.32. The molecule has 0 radical (unpaired) electrons. The van der Waals surface area contributed by atoms with Crippen molar-refractivity contribution in [1.82, 2.24) is 0 Å². The van der Waals surface area contributed by atoms with Gasteiger partial charge in [-0.05, 0) is 24.8 Å². The molecule has 2 atom stereocenters. The highest BCUT2D eigenvalue weighted by molar-refractivity contribution is 5.08. The zero-order valence-electron chi connectivity index (χ0n) is 9.01. The highest BCUT2D eigenvalue weighted by Crippen LogP contribution is 2.29. The van der Waals surface area contributed by atoms with Gasteiger partial charge in [-0.1, -0.05) is 39.7 Å². The van der Waals surface area contributed by atoms with Crippen LogP contribution in [0.25, 0.3) is 0 Å². The first-order chi connectivity index (χ1) is 6.27. The van der Waals surface area contributed by atoms with Crippen molar-refractivity contribution in [2.45, 2.75) is 64.6 Å². The van der Waals surface area contributed by atoms with E-state index >= 15 is 0 Å². The number of rotatable bonds is 5. The Balaban J connectivity index is 2.27. The molecule has 0 aliphatic carbocycles. The molecule has 0 amide bonds. The summed E-state index contributed by atoms with van der Waals surface area (Å²) in [6.07, 6.45) is 8.07. The third-order valence-electron chi connectivity index (χ3n) is 2.73. The lowest BCUT2D eigenvalue weighted by atomic mass is 10.0. The number of ether oxygens (including phenoxy) is 1. The Kier molecular flexibility index (Phi) is 4.51. The molecule has 1 fully saturated rings. The molecule has 0 aromatic carbocycles. The van der Waals surface area contributed by atoms with Gasteiger partial charge in [-0.15, -0.1) is 0 Å². The zero-order chi connectivity index (χ0) is 9.68. The molecule has 13 heavy (non-hydrogen) atoms. The van der Waals surface area contributed by atoms with E-state index < -0.39 is 0 Å². The Hall–Kier alpha value is -0.300. The Labute approximate surface area is 82.2 Å². The predicted molar refractivity (Wildman–Crippen MR) is 56.9 cm³/mol. The van der Waals surface area contributed by atoms with Crippen molar-refractivity contribution in [2.75, 3.05) is 0 Å². The van der Waals surface area contributed by atoms with Crippen molar-refractivity contribution in [3.63, 3.8) is 0 Å². The largest absolute Gasteiger partial charge is 0.370 e. The Morgan fingerprint density at radius 3 is 2.69 bits per heavy atom. The van der Waals surface area contributed by atoms with Crippen molar-refractivity contribution in [3.8, 4) is 0 Å². The molecule has 0 bridgehead atoms. The minimum absolute atomic E-state index is 0.367. The molecular formula is C12H22O. The summed E-state index contributed by atoms with van der Waals surface area (Å²) in [7, 11) is 0. The van der Waals surface area contributed by atoms with Crippen LogP contribution in [0.4, 0.5) is 0 Å². The molecule has 0 saturated carbocycles. The van der Waals surface area contributed by atoms with Crippen LogP contribution < -0.4 is 0 Å². The molecule has 1 saturated heterocycles. The first kappa shape index (κ1) is 10.8. The van der Waals surface area contributed by atoms with Crippen LogP contribution in [0, 0.1) is 0 Å². The van der Waals surface area contributed by atoms with E-state index in [9.17, 15) is 0 Å². The van der Waals surface area contributed by atoms with Crippen molar-refractivity contribution in [1.29, 1.82) is 0 Å². The van der Waals surface area contributed by atoms with Crippen LogP contribution in [0.1, 0.15) is 52.4 Å². The van der Waals surface area contributed by atoms with Gasteiger partial charge in [0.2, 0.25) is 0 Å². The fourth-order valence-electron chi connectivity index (χ4n) is 1.94. The second-order valence-electron chi connectivity index (χ2n) is 4.04. The molecule has 1 heterocycles. The topological polar surface area (TPSA) is 9.23 Å². The lowest BCUT2D eigenvalue weighted by Crippen LogP contribution is -2.10. The van der Waals surface area contributed by atoms with Crippen molar-refractivity contribution in [2.24, 2.45) is 0 Å². The summed E-state index contributed by atoms with van der Waals surface area (Å²) in [5.74, 6) is 0. The SMILES string of the molecule is C=C1C[C@H](CCCC)O[C@H]1CCC. The summed E-state index contributed by atoms with van der Waals surface area (Å²) in [6.45, 7) is 8.52. The minimum Gasteiger partial charge on any atom is -0.370 e. The van der Waals surface area contributed by atoms with E-state index in [1.807, 2.05) is 0 Å². The molecule has 76 valence electrons. The van der Waals surface area contributed by atoms with Crippen LogP contribution in [0.3, 0.4) is 0 Å². The average Bonchev–Trinajstić information content (AvgIpc) is 2.45. The second-order valence-corrected chi connectivity index (χ2v) is 4.04. The van der Waals surface area contributed by atoms with Crippen LogP contribution in [-0.2, 0) is 4.74 Å². The smallest absolute Gasteiger partial charge is 0.0787 e. The lowest BCUT2D eigenvalue weighted by Gasteiger charge is -2.12. The quantitative estimate of drug-likeness (QED) is 0.589. The summed E-state index contributed by atoms with van der Waals surface area (Å²) < 4.78 is 5.92. The van der Waals surface area contributed by atoms with Gasteiger partial charge in [0.1, 0.15) is 0 Å². The maximum atomic E-state index is 5.92. The van der Waals surface area contributed by atoms with Crippen molar-refractivity contribution < 1.29 is 4.74 Å². The average molecular weight is 182 g/mol. The van der Waals surface area contributed by atoms with Gasteiger partial charge in [0.25, 0.3) is 0 Å². The summed E-state index contributed by atoms with van der Waals surface area (Å²) in [6, 6.07) is 0. The first-order valence-corrected chi connectivity index (χ1v) is 5.61. The van der Waals surface area contributed by atoms with E-state index in [-0.39, 0.29) is 0 Å². The van der Waals surface area contributed by atoms with Crippen LogP contribution in [-0.4, -0.2) is 12.2 Å². The second kappa shape index (κ2) is 5.43. The molecule has 0 N–H and O–H groups in total. The highest BCUT2D eigenvalue weighted by Gasteiger charge is 2.26. The van der Waals surface area contributed by atoms with Gasteiger partial charge < -0.3 is 4.74 Å². The molecule has 0 unspecified atom stereocenters. The molecule has 0 spiro atoms. The van der Waals surface area contributed by atoms with Gasteiger partial charge in [-0.3, -0.25) is 0 Å². The first-order valence-electron chi connectivity index (χ1n) is 5.61. The molecule has 1 aliphatic rings. The third kappa shape index (κ3) is 3.15. The van der Waals surface area contributed by atoms with Gasteiger partial charge >= 0.3 is 0 Å². The van der Waals surface area contributed by atoms with E-state index in [2.05, 4.69) is 20.4 Å². The maximum absolute atomic E-state index is 5.92. The Morgan fingerprint density at radius 1 is 1.31 bits per heavy atom. The standard InChI is InChI=1S/C12H22O/c1-4-6-8-11-9-10(3)12(13-11)7-5-2/h11-12H,3-9H2,1-2H3/t11-,12-/m0/s1. The van der Waals surface area contributed by atoms with Crippen molar-refractivity contribution >= 4 is 0 Å². The van der Waals surface area contributed by atoms with Crippen LogP contribution >= 0.6 is 0 Å². The third-order valence-corrected chi connectivity index (χ3v) is 2.73.